The van der Waals surface area contributed by atoms with Gasteiger partial charge in [0.15, 0.2) is 0 Å². The van der Waals surface area contributed by atoms with Crippen LogP contribution in [0.2, 0.25) is 5.02 Å². The lowest BCUT2D eigenvalue weighted by atomic mass is 10.0. The van der Waals surface area contributed by atoms with Gasteiger partial charge in [-0.1, -0.05) is 23.7 Å². The van der Waals surface area contributed by atoms with E-state index in [0.717, 1.165) is 5.56 Å². The number of halogens is 1. The van der Waals surface area contributed by atoms with Crippen LogP contribution in [0.5, 0.6) is 0 Å². The number of benzene rings is 1. The van der Waals surface area contributed by atoms with Crippen molar-refractivity contribution in [3.05, 3.63) is 34.9 Å². The van der Waals surface area contributed by atoms with E-state index in [0.29, 0.717) is 35.9 Å². The molecule has 1 aromatic carbocycles. The van der Waals surface area contributed by atoms with Crippen LogP contribution in [-0.4, -0.2) is 70.6 Å². The van der Waals surface area contributed by atoms with E-state index in [1.165, 1.54) is 16.7 Å². The van der Waals surface area contributed by atoms with Crippen LogP contribution in [-0.2, 0) is 25.5 Å². The number of carbonyl (C=O) groups is 3. The standard InChI is InChI=1S/C20H27ClN2O5S/c1-3-28-20(27)16(9-6-14-4-7-15(21)8-5-14)22-13(2)18(24)23-10-11-29-12-17(23)19(25)26/h4-5,7-8,13,16-17,22H,3,6,9-12H2,1-2H3,(H,25,26)/t13-,16?,17?/m0/s1. The predicted octanol–water partition coefficient (Wildman–Crippen LogP) is 2.21. The summed E-state index contributed by atoms with van der Waals surface area (Å²) in [5, 5.41) is 13.1. The zero-order valence-electron chi connectivity index (χ0n) is 16.6. The molecule has 1 aliphatic rings. The second-order valence-electron chi connectivity index (χ2n) is 6.82. The maximum absolute atomic E-state index is 12.9. The van der Waals surface area contributed by atoms with E-state index >= 15 is 0 Å². The number of rotatable bonds is 9. The van der Waals surface area contributed by atoms with Gasteiger partial charge in [0.1, 0.15) is 12.1 Å². The number of aryl methyl sites for hydroxylation is 1. The Kier molecular flexibility index (Phi) is 9.26. The minimum Gasteiger partial charge on any atom is -0.480 e. The van der Waals surface area contributed by atoms with Crippen molar-refractivity contribution in [1.29, 1.82) is 0 Å². The highest BCUT2D eigenvalue weighted by Crippen LogP contribution is 2.18. The molecule has 160 valence electrons. The summed E-state index contributed by atoms with van der Waals surface area (Å²) in [6, 6.07) is 5.13. The molecule has 9 heteroatoms. The van der Waals surface area contributed by atoms with Crippen LogP contribution >= 0.6 is 23.4 Å². The summed E-state index contributed by atoms with van der Waals surface area (Å²) in [7, 11) is 0. The number of carbonyl (C=O) groups excluding carboxylic acids is 2. The lowest BCUT2D eigenvalue weighted by Gasteiger charge is -2.35. The number of nitrogens with one attached hydrogen (secondary N) is 1. The van der Waals surface area contributed by atoms with Crippen molar-refractivity contribution in [2.24, 2.45) is 0 Å². The Labute approximate surface area is 180 Å². The number of hydrogen-bond acceptors (Lipinski definition) is 6. The number of esters is 1. The normalized spacial score (nSPS) is 18.7. The average molecular weight is 443 g/mol. The van der Waals surface area contributed by atoms with Crippen LogP contribution in [0, 0.1) is 0 Å². The SMILES string of the molecule is CCOC(=O)C(CCc1ccc(Cl)cc1)N[C@@H](C)C(=O)N1CCSCC1C(=O)O. The van der Waals surface area contributed by atoms with Gasteiger partial charge < -0.3 is 14.7 Å². The van der Waals surface area contributed by atoms with E-state index in [2.05, 4.69) is 5.32 Å². The molecule has 1 saturated heterocycles. The van der Waals surface area contributed by atoms with Crippen LogP contribution in [0.1, 0.15) is 25.8 Å². The minimum absolute atomic E-state index is 0.241. The third kappa shape index (κ3) is 6.90. The summed E-state index contributed by atoms with van der Waals surface area (Å²) in [5.74, 6) is -0.697. The number of nitrogens with zero attached hydrogens (tertiary/aromatic N) is 1. The topological polar surface area (TPSA) is 95.9 Å². The molecule has 0 aromatic heterocycles. The maximum Gasteiger partial charge on any atom is 0.327 e. The molecule has 3 atom stereocenters. The molecule has 2 rings (SSSR count). The van der Waals surface area contributed by atoms with Crippen LogP contribution in [0.4, 0.5) is 0 Å². The zero-order valence-corrected chi connectivity index (χ0v) is 18.2. The lowest BCUT2D eigenvalue weighted by molar-refractivity contribution is -0.151. The van der Waals surface area contributed by atoms with E-state index in [4.69, 9.17) is 16.3 Å². The molecule has 29 heavy (non-hydrogen) atoms. The molecule has 0 saturated carbocycles. The first-order chi connectivity index (χ1) is 13.8. The van der Waals surface area contributed by atoms with Crippen molar-refractivity contribution in [2.45, 2.75) is 44.8 Å². The molecule has 0 aliphatic carbocycles. The summed E-state index contributed by atoms with van der Waals surface area (Å²) in [4.78, 5) is 38.1. The van der Waals surface area contributed by atoms with Gasteiger partial charge in [0, 0.05) is 23.1 Å². The van der Waals surface area contributed by atoms with E-state index < -0.39 is 30.1 Å². The third-order valence-electron chi connectivity index (χ3n) is 4.72. The maximum atomic E-state index is 12.9. The number of ether oxygens (including phenoxy) is 1. The van der Waals surface area contributed by atoms with Gasteiger partial charge in [-0.25, -0.2) is 4.79 Å². The Morgan fingerprint density at radius 1 is 1.34 bits per heavy atom. The Morgan fingerprint density at radius 3 is 2.66 bits per heavy atom. The molecule has 1 amide bonds. The smallest absolute Gasteiger partial charge is 0.327 e. The van der Waals surface area contributed by atoms with Gasteiger partial charge in [0.25, 0.3) is 0 Å². The fourth-order valence-corrected chi connectivity index (χ4v) is 4.33. The molecule has 1 heterocycles. The number of carboxylic acids is 1. The predicted molar refractivity (Wildman–Crippen MR) is 113 cm³/mol. The molecule has 0 bridgehead atoms. The van der Waals surface area contributed by atoms with E-state index in [1.54, 1.807) is 26.0 Å². The van der Waals surface area contributed by atoms with Crippen molar-refractivity contribution in [3.8, 4) is 0 Å². The summed E-state index contributed by atoms with van der Waals surface area (Å²) < 4.78 is 5.15. The van der Waals surface area contributed by atoms with Gasteiger partial charge in [-0.15, -0.1) is 0 Å². The minimum atomic E-state index is -1.01. The largest absolute Gasteiger partial charge is 0.480 e. The molecule has 2 unspecified atom stereocenters. The quantitative estimate of drug-likeness (QED) is 0.566. The van der Waals surface area contributed by atoms with Crippen molar-refractivity contribution >= 4 is 41.2 Å². The van der Waals surface area contributed by atoms with Crippen molar-refractivity contribution in [1.82, 2.24) is 10.2 Å². The average Bonchev–Trinajstić information content (AvgIpc) is 2.71. The molecule has 1 aliphatic heterocycles. The first-order valence-corrected chi connectivity index (χ1v) is 11.1. The lowest BCUT2D eigenvalue weighted by Crippen LogP contribution is -2.57. The first kappa shape index (κ1) is 23.5. The van der Waals surface area contributed by atoms with Crippen molar-refractivity contribution < 1.29 is 24.2 Å². The highest BCUT2D eigenvalue weighted by atomic mass is 35.5. The molecular weight excluding hydrogens is 416 g/mol. The number of aliphatic carboxylic acids is 1. The van der Waals surface area contributed by atoms with Crippen LogP contribution in [0.25, 0.3) is 0 Å². The summed E-state index contributed by atoms with van der Waals surface area (Å²) in [6.45, 7) is 4.00. The third-order valence-corrected chi connectivity index (χ3v) is 6.00. The van der Waals surface area contributed by atoms with Crippen LogP contribution in [0.15, 0.2) is 24.3 Å². The Bertz CT molecular complexity index is 715. The Morgan fingerprint density at radius 2 is 2.03 bits per heavy atom. The molecular formula is C20H27ClN2O5S. The number of thioether (sulfide) groups is 1. The van der Waals surface area contributed by atoms with E-state index in [9.17, 15) is 19.5 Å². The first-order valence-electron chi connectivity index (χ1n) is 9.61. The van der Waals surface area contributed by atoms with Crippen molar-refractivity contribution in [3.63, 3.8) is 0 Å². The molecule has 2 N–H and O–H groups in total. The second-order valence-corrected chi connectivity index (χ2v) is 8.40. The van der Waals surface area contributed by atoms with Gasteiger partial charge in [-0.2, -0.15) is 11.8 Å². The summed E-state index contributed by atoms with van der Waals surface area (Å²) >= 11 is 7.42. The van der Waals surface area contributed by atoms with Crippen molar-refractivity contribution in [2.75, 3.05) is 24.7 Å². The fourth-order valence-electron chi connectivity index (χ4n) is 3.17. The zero-order chi connectivity index (χ0) is 21.4. The Hall–Kier alpha value is -1.77. The number of amides is 1. The van der Waals surface area contributed by atoms with Gasteiger partial charge in [0.2, 0.25) is 5.91 Å². The van der Waals surface area contributed by atoms with Gasteiger partial charge in [-0.3, -0.25) is 14.9 Å². The molecule has 1 aromatic rings. The van der Waals surface area contributed by atoms with E-state index in [1.807, 2.05) is 12.1 Å². The monoisotopic (exact) mass is 442 g/mol. The number of carboxylic acid groups (broad SMARTS) is 1. The van der Waals surface area contributed by atoms with Gasteiger partial charge in [-0.05, 0) is 44.4 Å². The molecule has 7 nitrogen and oxygen atoms in total. The highest BCUT2D eigenvalue weighted by molar-refractivity contribution is 7.99. The molecule has 0 spiro atoms. The van der Waals surface area contributed by atoms with Gasteiger partial charge in [0.05, 0.1) is 12.6 Å². The fraction of sp³-hybridized carbons (Fsp3) is 0.550. The molecule has 1 fully saturated rings. The molecule has 0 radical (unpaired) electrons. The summed E-state index contributed by atoms with van der Waals surface area (Å²) in [5.41, 5.74) is 1.02. The number of hydrogen-bond donors (Lipinski definition) is 2. The van der Waals surface area contributed by atoms with Gasteiger partial charge >= 0.3 is 11.9 Å². The second kappa shape index (κ2) is 11.4. The van der Waals surface area contributed by atoms with Crippen LogP contribution in [0.3, 0.4) is 0 Å². The summed E-state index contributed by atoms with van der Waals surface area (Å²) in [6.07, 6.45) is 1.04. The van der Waals surface area contributed by atoms with Crippen LogP contribution < -0.4 is 5.32 Å². The van der Waals surface area contributed by atoms with E-state index in [-0.39, 0.29) is 12.5 Å². The highest BCUT2D eigenvalue weighted by Gasteiger charge is 2.35. The Balaban J connectivity index is 2.04.